The van der Waals surface area contributed by atoms with E-state index in [1.165, 1.54) is 25.7 Å². The molecular formula is C19H28O. The molecule has 0 amide bonds. The van der Waals surface area contributed by atoms with Crippen LogP contribution < -0.4 is 0 Å². The smallest absolute Gasteiger partial charge is 0.0605 e. The zero-order valence-corrected chi connectivity index (χ0v) is 12.8. The first kappa shape index (κ1) is 13.1. The van der Waals surface area contributed by atoms with Crippen LogP contribution in [0.25, 0.3) is 0 Å². The third-order valence-electron chi connectivity index (χ3n) is 7.26. The van der Waals surface area contributed by atoms with Crippen LogP contribution in [0.3, 0.4) is 0 Å². The number of hydrogen-bond acceptors (Lipinski definition) is 1. The molecule has 8 unspecified atom stereocenters. The average Bonchev–Trinajstić information content (AvgIpc) is 2.92. The summed E-state index contributed by atoms with van der Waals surface area (Å²) < 4.78 is 0. The van der Waals surface area contributed by atoms with Crippen molar-refractivity contribution in [3.05, 3.63) is 23.8 Å². The summed E-state index contributed by atoms with van der Waals surface area (Å²) in [6.45, 7) is 4.66. The topological polar surface area (TPSA) is 20.2 Å². The number of fused-ring (bicyclic) bond motifs is 5. The highest BCUT2D eigenvalue weighted by atomic mass is 16.3. The van der Waals surface area contributed by atoms with Crippen molar-refractivity contribution in [2.45, 2.75) is 52.1 Å². The molecule has 110 valence electrons. The van der Waals surface area contributed by atoms with Crippen LogP contribution in [0.1, 0.15) is 46.0 Å². The van der Waals surface area contributed by atoms with Crippen molar-refractivity contribution in [3.63, 3.8) is 0 Å². The maximum absolute atomic E-state index is 10.3. The van der Waals surface area contributed by atoms with Crippen molar-refractivity contribution in [3.8, 4) is 0 Å². The Morgan fingerprint density at radius 1 is 1.00 bits per heavy atom. The fourth-order valence-electron chi connectivity index (χ4n) is 5.99. The van der Waals surface area contributed by atoms with Crippen LogP contribution in [0.15, 0.2) is 23.8 Å². The van der Waals surface area contributed by atoms with Crippen LogP contribution in [0.4, 0.5) is 0 Å². The molecule has 1 nitrogen and oxygen atoms in total. The van der Waals surface area contributed by atoms with Gasteiger partial charge in [-0.25, -0.2) is 0 Å². The Balaban J connectivity index is 1.65. The minimum atomic E-state index is -0.103. The van der Waals surface area contributed by atoms with E-state index in [1.54, 1.807) is 5.57 Å². The molecule has 0 heterocycles. The van der Waals surface area contributed by atoms with Crippen molar-refractivity contribution in [2.24, 2.45) is 41.4 Å². The molecule has 1 heteroatoms. The Kier molecular flexibility index (Phi) is 3.10. The largest absolute Gasteiger partial charge is 0.393 e. The number of rotatable bonds is 0. The zero-order chi connectivity index (χ0) is 13.9. The van der Waals surface area contributed by atoms with E-state index in [-0.39, 0.29) is 6.10 Å². The molecule has 8 atom stereocenters. The quantitative estimate of drug-likeness (QED) is 0.656. The molecule has 0 aliphatic heterocycles. The van der Waals surface area contributed by atoms with E-state index in [4.69, 9.17) is 0 Å². The van der Waals surface area contributed by atoms with Gasteiger partial charge in [-0.3, -0.25) is 0 Å². The second-order valence-corrected chi connectivity index (χ2v) is 7.93. The fraction of sp³-hybridized carbons (Fsp3) is 0.789. The van der Waals surface area contributed by atoms with Gasteiger partial charge in [0.2, 0.25) is 0 Å². The summed E-state index contributed by atoms with van der Waals surface area (Å²) in [5.41, 5.74) is 1.61. The van der Waals surface area contributed by atoms with E-state index >= 15 is 0 Å². The maximum Gasteiger partial charge on any atom is 0.0605 e. The number of aliphatic hydroxyl groups excluding tert-OH is 1. The van der Waals surface area contributed by atoms with Gasteiger partial charge in [-0.2, -0.15) is 0 Å². The standard InChI is InChI=1S/C19H28O/c1-11-12(2)19-14(10-18(11)20)7-8-16-15-5-3-4-13(15)6-9-17(16)19/h3-4,7,11-13,15-20H,5-6,8-10H2,1-2H3. The highest BCUT2D eigenvalue weighted by Gasteiger charge is 2.49. The molecule has 0 saturated heterocycles. The van der Waals surface area contributed by atoms with Gasteiger partial charge < -0.3 is 5.11 Å². The average molecular weight is 272 g/mol. The van der Waals surface area contributed by atoms with E-state index < -0.39 is 0 Å². The summed E-state index contributed by atoms with van der Waals surface area (Å²) in [4.78, 5) is 0. The first-order chi connectivity index (χ1) is 9.66. The summed E-state index contributed by atoms with van der Waals surface area (Å²) in [5.74, 6) is 5.53. The van der Waals surface area contributed by atoms with Gasteiger partial charge >= 0.3 is 0 Å². The third kappa shape index (κ3) is 1.78. The lowest BCUT2D eigenvalue weighted by atomic mass is 9.53. The summed E-state index contributed by atoms with van der Waals surface area (Å²) in [6.07, 6.45) is 13.8. The first-order valence-electron chi connectivity index (χ1n) is 8.70. The maximum atomic E-state index is 10.3. The van der Waals surface area contributed by atoms with Crippen molar-refractivity contribution < 1.29 is 5.11 Å². The molecule has 2 fully saturated rings. The molecule has 0 aromatic rings. The Morgan fingerprint density at radius 2 is 1.85 bits per heavy atom. The Morgan fingerprint density at radius 3 is 2.70 bits per heavy atom. The molecular weight excluding hydrogens is 244 g/mol. The molecule has 0 aromatic carbocycles. The minimum absolute atomic E-state index is 0.103. The monoisotopic (exact) mass is 272 g/mol. The Labute approximate surface area is 123 Å². The van der Waals surface area contributed by atoms with E-state index in [1.807, 2.05) is 0 Å². The summed E-state index contributed by atoms with van der Waals surface area (Å²) in [6, 6.07) is 0. The van der Waals surface area contributed by atoms with Gasteiger partial charge in [0.1, 0.15) is 0 Å². The third-order valence-corrected chi connectivity index (χ3v) is 7.26. The van der Waals surface area contributed by atoms with Gasteiger partial charge in [-0.1, -0.05) is 37.6 Å². The second kappa shape index (κ2) is 4.73. The lowest BCUT2D eigenvalue weighted by molar-refractivity contribution is -0.0103. The fourth-order valence-corrected chi connectivity index (χ4v) is 5.99. The molecule has 0 bridgehead atoms. The molecule has 1 N–H and O–H groups in total. The molecule has 4 aliphatic carbocycles. The van der Waals surface area contributed by atoms with E-state index in [0.717, 1.165) is 36.0 Å². The van der Waals surface area contributed by atoms with Gasteiger partial charge in [0.05, 0.1) is 6.10 Å². The molecule has 0 radical (unpaired) electrons. The van der Waals surface area contributed by atoms with Crippen molar-refractivity contribution in [1.29, 1.82) is 0 Å². The van der Waals surface area contributed by atoms with Crippen molar-refractivity contribution in [2.75, 3.05) is 0 Å². The summed E-state index contributed by atoms with van der Waals surface area (Å²) in [7, 11) is 0. The van der Waals surface area contributed by atoms with Crippen LogP contribution in [-0.2, 0) is 0 Å². The Hall–Kier alpha value is -0.560. The second-order valence-electron chi connectivity index (χ2n) is 7.93. The van der Waals surface area contributed by atoms with E-state index in [9.17, 15) is 5.11 Å². The Bertz CT molecular complexity index is 449. The molecule has 0 spiro atoms. The number of hydrogen-bond donors (Lipinski definition) is 1. The lowest BCUT2D eigenvalue weighted by Crippen LogP contribution is -2.46. The molecule has 4 aliphatic rings. The summed E-state index contributed by atoms with van der Waals surface area (Å²) >= 11 is 0. The van der Waals surface area contributed by atoms with Crippen LogP contribution in [0, 0.1) is 41.4 Å². The first-order valence-corrected chi connectivity index (χ1v) is 8.70. The zero-order valence-electron chi connectivity index (χ0n) is 12.8. The van der Waals surface area contributed by atoms with E-state index in [0.29, 0.717) is 11.8 Å². The highest BCUT2D eigenvalue weighted by molar-refractivity contribution is 5.22. The summed E-state index contributed by atoms with van der Waals surface area (Å²) in [5, 5.41) is 10.3. The highest BCUT2D eigenvalue weighted by Crippen LogP contribution is 2.56. The van der Waals surface area contributed by atoms with Gasteiger partial charge in [0.25, 0.3) is 0 Å². The van der Waals surface area contributed by atoms with Crippen molar-refractivity contribution >= 4 is 0 Å². The SMILES string of the molecule is CC1C(O)CC2=CCC3C4CC=CC4CCC3C2C1C. The minimum Gasteiger partial charge on any atom is -0.393 e. The molecule has 4 rings (SSSR count). The predicted molar refractivity (Wildman–Crippen MR) is 82.1 cm³/mol. The molecule has 2 saturated carbocycles. The van der Waals surface area contributed by atoms with Crippen LogP contribution >= 0.6 is 0 Å². The van der Waals surface area contributed by atoms with Crippen LogP contribution in [0.2, 0.25) is 0 Å². The van der Waals surface area contributed by atoms with Crippen LogP contribution in [0.5, 0.6) is 0 Å². The van der Waals surface area contributed by atoms with Gasteiger partial charge in [0, 0.05) is 0 Å². The van der Waals surface area contributed by atoms with Crippen LogP contribution in [-0.4, -0.2) is 11.2 Å². The van der Waals surface area contributed by atoms with Gasteiger partial charge in [0.15, 0.2) is 0 Å². The predicted octanol–water partition coefficient (Wildman–Crippen LogP) is 4.19. The lowest BCUT2D eigenvalue weighted by Gasteiger charge is -2.52. The molecule has 0 aromatic heterocycles. The number of allylic oxidation sites excluding steroid dienone is 3. The van der Waals surface area contributed by atoms with Crippen molar-refractivity contribution in [1.82, 2.24) is 0 Å². The number of aliphatic hydroxyl groups is 1. The van der Waals surface area contributed by atoms with Gasteiger partial charge in [-0.05, 0) is 73.5 Å². The normalized spacial score (nSPS) is 53.9. The molecule has 20 heavy (non-hydrogen) atoms. The van der Waals surface area contributed by atoms with Gasteiger partial charge in [-0.15, -0.1) is 0 Å². The van der Waals surface area contributed by atoms with E-state index in [2.05, 4.69) is 32.1 Å².